The van der Waals surface area contributed by atoms with E-state index in [2.05, 4.69) is 63.2 Å². The summed E-state index contributed by atoms with van der Waals surface area (Å²) in [5, 5.41) is 2.42. The second-order valence-electron chi connectivity index (χ2n) is 7.76. The molecule has 0 bridgehead atoms. The second-order valence-corrected chi connectivity index (χ2v) is 7.76. The Balaban J connectivity index is 1.60. The topological polar surface area (TPSA) is 44.5 Å². The molecule has 3 heteroatoms. The van der Waals surface area contributed by atoms with Gasteiger partial charge in [-0.1, -0.05) is 63.2 Å². The molecule has 148 valence electrons. The molecule has 0 amide bonds. The smallest absolute Gasteiger partial charge is 0.123 e. The number of rotatable bonds is 9. The molecule has 3 aromatic rings. The first-order valence-electron chi connectivity index (χ1n) is 10.1. The van der Waals surface area contributed by atoms with Crippen molar-refractivity contribution in [2.45, 2.75) is 39.0 Å². The maximum Gasteiger partial charge on any atom is 0.123 e. The van der Waals surface area contributed by atoms with Crippen molar-refractivity contribution >= 4 is 10.8 Å². The molecule has 3 aromatic carbocycles. The lowest BCUT2D eigenvalue weighted by Crippen LogP contribution is -2.15. The summed E-state index contributed by atoms with van der Waals surface area (Å²) in [5.41, 5.74) is 8.52. The Labute approximate surface area is 168 Å². The average Bonchev–Trinajstić information content (AvgIpc) is 2.73. The van der Waals surface area contributed by atoms with Crippen molar-refractivity contribution in [3.63, 3.8) is 0 Å². The van der Waals surface area contributed by atoms with Gasteiger partial charge in [-0.05, 0) is 59.3 Å². The molecule has 0 spiro atoms. The number of hydrogen-bond acceptors (Lipinski definition) is 3. The van der Waals surface area contributed by atoms with E-state index >= 15 is 0 Å². The number of hydrogen-bond donors (Lipinski definition) is 1. The van der Waals surface area contributed by atoms with E-state index in [0.717, 1.165) is 24.3 Å². The zero-order valence-corrected chi connectivity index (χ0v) is 17.2. The van der Waals surface area contributed by atoms with Crippen LogP contribution in [0, 0.1) is 0 Å². The quantitative estimate of drug-likeness (QED) is 0.502. The number of ether oxygens (including phenoxy) is 2. The van der Waals surface area contributed by atoms with Crippen LogP contribution < -0.4 is 15.2 Å². The summed E-state index contributed by atoms with van der Waals surface area (Å²) in [4.78, 5) is 0. The normalized spacial score (nSPS) is 11.6. The van der Waals surface area contributed by atoms with Gasteiger partial charge in [0.1, 0.15) is 24.7 Å². The molecule has 0 fully saturated rings. The molecule has 0 radical (unpaired) electrons. The third-order valence-corrected chi connectivity index (χ3v) is 5.52. The number of nitrogens with two attached hydrogens (primary N) is 1. The van der Waals surface area contributed by atoms with Gasteiger partial charge in [0.25, 0.3) is 0 Å². The van der Waals surface area contributed by atoms with Gasteiger partial charge in [0.2, 0.25) is 0 Å². The van der Waals surface area contributed by atoms with Crippen molar-refractivity contribution in [3.05, 3.63) is 71.8 Å². The van der Waals surface area contributed by atoms with Gasteiger partial charge >= 0.3 is 0 Å². The van der Waals surface area contributed by atoms with E-state index in [1.54, 1.807) is 0 Å². The first-order valence-corrected chi connectivity index (χ1v) is 10.1. The predicted molar refractivity (Wildman–Crippen MR) is 117 cm³/mol. The highest BCUT2D eigenvalue weighted by Gasteiger charge is 2.17. The van der Waals surface area contributed by atoms with Crippen LogP contribution in [-0.4, -0.2) is 19.8 Å². The van der Waals surface area contributed by atoms with Crippen molar-refractivity contribution < 1.29 is 9.47 Å². The molecule has 0 heterocycles. The van der Waals surface area contributed by atoms with E-state index in [9.17, 15) is 0 Å². The fraction of sp³-hybridized carbons (Fsp3) is 0.360. The van der Waals surface area contributed by atoms with E-state index in [4.69, 9.17) is 15.2 Å². The van der Waals surface area contributed by atoms with Crippen molar-refractivity contribution in [2.24, 2.45) is 5.73 Å². The Morgan fingerprint density at radius 1 is 0.857 bits per heavy atom. The highest BCUT2D eigenvalue weighted by Crippen LogP contribution is 2.29. The van der Waals surface area contributed by atoms with E-state index in [-0.39, 0.29) is 5.41 Å². The summed E-state index contributed by atoms with van der Waals surface area (Å²) in [5.74, 6) is 1.77. The molecule has 0 aliphatic carbocycles. The highest BCUT2D eigenvalue weighted by atomic mass is 16.5. The zero-order chi connectivity index (χ0) is 20.0. The molecule has 0 saturated heterocycles. The van der Waals surface area contributed by atoms with Crippen LogP contribution in [0.25, 0.3) is 10.8 Å². The van der Waals surface area contributed by atoms with Gasteiger partial charge in [-0.15, -0.1) is 0 Å². The molecule has 0 aliphatic rings. The first kappa shape index (κ1) is 20.2. The molecule has 2 N–H and O–H groups in total. The lowest BCUT2D eigenvalue weighted by atomic mass is 9.82. The SMILES string of the molecule is CCC(C)(C)c1ccc(OCCOc2ccc3ccccc3c2CCN)cc1. The third kappa shape index (κ3) is 4.66. The summed E-state index contributed by atoms with van der Waals surface area (Å²) in [6, 6.07) is 20.9. The Morgan fingerprint density at radius 3 is 2.29 bits per heavy atom. The van der Waals surface area contributed by atoms with Gasteiger partial charge in [0, 0.05) is 5.56 Å². The van der Waals surface area contributed by atoms with Gasteiger partial charge in [-0.3, -0.25) is 0 Å². The molecule has 0 atom stereocenters. The van der Waals surface area contributed by atoms with Crippen LogP contribution in [-0.2, 0) is 11.8 Å². The minimum Gasteiger partial charge on any atom is -0.490 e. The number of benzene rings is 3. The number of fused-ring (bicyclic) bond motifs is 1. The Kier molecular flexibility index (Phi) is 6.58. The van der Waals surface area contributed by atoms with Crippen molar-refractivity contribution in [1.29, 1.82) is 0 Å². The average molecular weight is 378 g/mol. The molecule has 3 rings (SSSR count). The molecular weight excluding hydrogens is 346 g/mol. The van der Waals surface area contributed by atoms with Crippen molar-refractivity contribution in [2.75, 3.05) is 19.8 Å². The minimum atomic E-state index is 0.192. The predicted octanol–water partition coefficient (Wildman–Crippen LogP) is 5.49. The van der Waals surface area contributed by atoms with Crippen molar-refractivity contribution in [1.82, 2.24) is 0 Å². The Morgan fingerprint density at radius 2 is 1.57 bits per heavy atom. The lowest BCUT2D eigenvalue weighted by Gasteiger charge is -2.23. The van der Waals surface area contributed by atoms with Crippen LogP contribution in [0.1, 0.15) is 38.3 Å². The summed E-state index contributed by atoms with van der Waals surface area (Å²) in [6.07, 6.45) is 1.91. The Hall–Kier alpha value is -2.52. The molecule has 0 saturated carbocycles. The molecule has 0 aliphatic heterocycles. The maximum absolute atomic E-state index is 6.03. The standard InChI is InChI=1S/C25H31NO2/c1-4-25(2,3)20-10-12-21(13-11-20)27-17-18-28-24-14-9-19-7-5-6-8-22(19)23(24)15-16-26/h5-14H,4,15-18,26H2,1-3H3. The fourth-order valence-corrected chi connectivity index (χ4v) is 3.37. The molecule has 0 aromatic heterocycles. The van der Waals surface area contributed by atoms with E-state index in [1.807, 2.05) is 18.2 Å². The van der Waals surface area contributed by atoms with Crippen molar-refractivity contribution in [3.8, 4) is 11.5 Å². The van der Waals surface area contributed by atoms with E-state index in [1.165, 1.54) is 21.9 Å². The Bertz CT molecular complexity index is 900. The third-order valence-electron chi connectivity index (χ3n) is 5.52. The molecule has 3 nitrogen and oxygen atoms in total. The van der Waals surface area contributed by atoms with E-state index < -0.39 is 0 Å². The van der Waals surface area contributed by atoms with Gasteiger partial charge < -0.3 is 15.2 Å². The van der Waals surface area contributed by atoms with Crippen LogP contribution in [0.3, 0.4) is 0 Å². The minimum absolute atomic E-state index is 0.192. The molecular formula is C25H31NO2. The van der Waals surface area contributed by atoms with Gasteiger partial charge in [-0.2, -0.15) is 0 Å². The van der Waals surface area contributed by atoms with Gasteiger partial charge in [-0.25, -0.2) is 0 Å². The molecule has 28 heavy (non-hydrogen) atoms. The molecule has 0 unspecified atom stereocenters. The van der Waals surface area contributed by atoms with Gasteiger partial charge in [0.15, 0.2) is 0 Å². The summed E-state index contributed by atoms with van der Waals surface area (Å²) in [6.45, 7) is 8.34. The highest BCUT2D eigenvalue weighted by molar-refractivity contribution is 5.87. The van der Waals surface area contributed by atoms with Gasteiger partial charge in [0.05, 0.1) is 0 Å². The first-order chi connectivity index (χ1) is 13.5. The van der Waals surface area contributed by atoms with Crippen LogP contribution in [0.2, 0.25) is 0 Å². The summed E-state index contributed by atoms with van der Waals surface area (Å²) >= 11 is 0. The van der Waals surface area contributed by atoms with Crippen LogP contribution >= 0.6 is 0 Å². The fourth-order valence-electron chi connectivity index (χ4n) is 3.37. The largest absolute Gasteiger partial charge is 0.490 e. The van der Waals surface area contributed by atoms with Crippen LogP contribution in [0.15, 0.2) is 60.7 Å². The van der Waals surface area contributed by atoms with Crippen LogP contribution in [0.5, 0.6) is 11.5 Å². The summed E-state index contributed by atoms with van der Waals surface area (Å²) in [7, 11) is 0. The maximum atomic E-state index is 6.03. The summed E-state index contributed by atoms with van der Waals surface area (Å²) < 4.78 is 11.9. The second kappa shape index (κ2) is 9.11. The van der Waals surface area contributed by atoms with Crippen LogP contribution in [0.4, 0.5) is 0 Å². The zero-order valence-electron chi connectivity index (χ0n) is 17.2. The lowest BCUT2D eigenvalue weighted by molar-refractivity contribution is 0.216. The monoisotopic (exact) mass is 377 g/mol. The van der Waals surface area contributed by atoms with E-state index in [0.29, 0.717) is 19.8 Å².